The minimum Gasteiger partial charge on any atom is -0.326 e. The summed E-state index contributed by atoms with van der Waals surface area (Å²) in [6.45, 7) is 1.99. The molecule has 1 aromatic carbocycles. The van der Waals surface area contributed by atoms with E-state index in [1.54, 1.807) is 11.3 Å². The van der Waals surface area contributed by atoms with Crippen LogP contribution in [-0.2, 0) is 4.79 Å². The standard InChI is InChI=1S/C16H13N3OS2/c1-10-5-2-3-6-12(10)19-14(13-7-4-8-22-13)18-15(20)11(9-17)16(19)21/h2-8,14,21H,1H3,(H,18,20). The molecule has 0 radical (unpaired) electrons. The number of thiol groups is 1. The highest BCUT2D eigenvalue weighted by molar-refractivity contribution is 7.84. The molecule has 0 aliphatic carbocycles. The summed E-state index contributed by atoms with van der Waals surface area (Å²) in [5.41, 5.74) is 1.99. The molecule has 110 valence electrons. The molecule has 1 aliphatic heterocycles. The second-order valence-corrected chi connectivity index (χ2v) is 6.26. The number of nitrogens with zero attached hydrogens (tertiary/aromatic N) is 2. The number of hydrogen-bond acceptors (Lipinski definition) is 5. The highest BCUT2D eigenvalue weighted by Gasteiger charge is 2.34. The third kappa shape index (κ3) is 2.39. The number of carbonyl (C=O) groups excluding carboxylic acids is 1. The molecule has 3 rings (SSSR count). The first-order valence-electron chi connectivity index (χ1n) is 6.66. The van der Waals surface area contributed by atoms with Crippen molar-refractivity contribution in [2.45, 2.75) is 13.1 Å². The van der Waals surface area contributed by atoms with Crippen LogP contribution in [0.4, 0.5) is 5.69 Å². The quantitative estimate of drug-likeness (QED) is 0.832. The van der Waals surface area contributed by atoms with Crippen LogP contribution in [0.25, 0.3) is 0 Å². The Hall–Kier alpha value is -2.23. The molecule has 1 N–H and O–H groups in total. The van der Waals surface area contributed by atoms with E-state index in [1.165, 1.54) is 0 Å². The van der Waals surface area contributed by atoms with E-state index in [0.717, 1.165) is 16.1 Å². The largest absolute Gasteiger partial charge is 0.326 e. The molecule has 22 heavy (non-hydrogen) atoms. The molecule has 0 bridgehead atoms. The zero-order valence-corrected chi connectivity index (χ0v) is 13.5. The minimum atomic E-state index is -0.393. The second kappa shape index (κ2) is 5.87. The summed E-state index contributed by atoms with van der Waals surface area (Å²) in [4.78, 5) is 15.0. The Balaban J connectivity index is 2.19. The molecule has 1 aliphatic rings. The number of nitrogens with one attached hydrogen (secondary N) is 1. The predicted molar refractivity (Wildman–Crippen MR) is 90.5 cm³/mol. The van der Waals surface area contributed by atoms with Crippen molar-refractivity contribution in [3.8, 4) is 6.07 Å². The Labute approximate surface area is 138 Å². The smallest absolute Gasteiger partial charge is 0.266 e. The summed E-state index contributed by atoms with van der Waals surface area (Å²) in [6, 6.07) is 13.7. The van der Waals surface area contributed by atoms with Crippen LogP contribution in [0.2, 0.25) is 0 Å². The van der Waals surface area contributed by atoms with Crippen LogP contribution in [0.5, 0.6) is 0 Å². The summed E-state index contributed by atoms with van der Waals surface area (Å²) in [6.07, 6.45) is -0.363. The Morgan fingerprint density at radius 1 is 1.32 bits per heavy atom. The van der Waals surface area contributed by atoms with Crippen LogP contribution < -0.4 is 10.2 Å². The van der Waals surface area contributed by atoms with Gasteiger partial charge in [-0.15, -0.1) is 24.0 Å². The van der Waals surface area contributed by atoms with Gasteiger partial charge in [0.2, 0.25) is 0 Å². The number of aryl methyl sites for hydroxylation is 1. The van der Waals surface area contributed by atoms with Crippen molar-refractivity contribution in [1.29, 1.82) is 5.26 Å². The molecule has 0 fully saturated rings. The molecular formula is C16H13N3OS2. The lowest BCUT2D eigenvalue weighted by atomic mass is 10.1. The van der Waals surface area contributed by atoms with Gasteiger partial charge in [-0.05, 0) is 30.0 Å². The van der Waals surface area contributed by atoms with Gasteiger partial charge in [-0.1, -0.05) is 24.3 Å². The van der Waals surface area contributed by atoms with Gasteiger partial charge in [0.1, 0.15) is 17.8 Å². The van der Waals surface area contributed by atoms with Crippen LogP contribution in [-0.4, -0.2) is 5.91 Å². The number of thiophene rings is 1. The molecule has 1 unspecified atom stereocenters. The zero-order valence-electron chi connectivity index (χ0n) is 11.8. The Morgan fingerprint density at radius 2 is 2.09 bits per heavy atom. The van der Waals surface area contributed by atoms with Gasteiger partial charge >= 0.3 is 0 Å². The molecule has 1 aromatic heterocycles. The fourth-order valence-electron chi connectivity index (χ4n) is 2.44. The van der Waals surface area contributed by atoms with E-state index in [-0.39, 0.29) is 11.7 Å². The Morgan fingerprint density at radius 3 is 2.73 bits per heavy atom. The van der Waals surface area contributed by atoms with Gasteiger partial charge in [-0.2, -0.15) is 5.26 Å². The van der Waals surface area contributed by atoms with E-state index >= 15 is 0 Å². The van der Waals surface area contributed by atoms with E-state index < -0.39 is 5.91 Å². The molecular weight excluding hydrogens is 314 g/mol. The summed E-state index contributed by atoms with van der Waals surface area (Å²) in [7, 11) is 0. The first-order valence-corrected chi connectivity index (χ1v) is 7.98. The van der Waals surface area contributed by atoms with Gasteiger partial charge in [0.15, 0.2) is 0 Å². The third-order valence-electron chi connectivity index (χ3n) is 3.50. The van der Waals surface area contributed by atoms with Crippen molar-refractivity contribution in [2.75, 3.05) is 4.90 Å². The average molecular weight is 327 g/mol. The molecule has 6 heteroatoms. The molecule has 0 saturated carbocycles. The Bertz CT molecular complexity index is 790. The minimum absolute atomic E-state index is 0.0272. The van der Waals surface area contributed by atoms with Crippen LogP contribution in [0.15, 0.2) is 52.4 Å². The molecule has 2 aromatic rings. The summed E-state index contributed by atoms with van der Waals surface area (Å²) in [5.74, 6) is -0.393. The first-order chi connectivity index (χ1) is 10.6. The number of amides is 1. The molecule has 4 nitrogen and oxygen atoms in total. The van der Waals surface area contributed by atoms with E-state index in [0.29, 0.717) is 5.03 Å². The topological polar surface area (TPSA) is 56.1 Å². The zero-order chi connectivity index (χ0) is 15.7. The second-order valence-electron chi connectivity index (χ2n) is 4.86. The lowest BCUT2D eigenvalue weighted by Gasteiger charge is -2.38. The van der Waals surface area contributed by atoms with Crippen molar-refractivity contribution < 1.29 is 4.79 Å². The molecule has 1 amide bonds. The summed E-state index contributed by atoms with van der Waals surface area (Å²) < 4.78 is 0. The van der Waals surface area contributed by atoms with Crippen LogP contribution in [0, 0.1) is 18.3 Å². The lowest BCUT2D eigenvalue weighted by Crippen LogP contribution is -2.45. The average Bonchev–Trinajstić information content (AvgIpc) is 3.02. The third-order valence-corrected chi connectivity index (χ3v) is 4.87. The van der Waals surface area contributed by atoms with Gasteiger partial charge in [-0.25, -0.2) is 0 Å². The number of para-hydroxylation sites is 1. The van der Waals surface area contributed by atoms with Crippen molar-refractivity contribution in [3.63, 3.8) is 0 Å². The monoisotopic (exact) mass is 327 g/mol. The molecule has 1 atom stereocenters. The van der Waals surface area contributed by atoms with Gasteiger partial charge in [0, 0.05) is 10.6 Å². The summed E-state index contributed by atoms with van der Waals surface area (Å²) >= 11 is 6.02. The number of rotatable bonds is 2. The normalized spacial score (nSPS) is 18.1. The summed E-state index contributed by atoms with van der Waals surface area (Å²) in [5, 5.41) is 14.5. The highest BCUT2D eigenvalue weighted by Crippen LogP contribution is 2.38. The predicted octanol–water partition coefficient (Wildman–Crippen LogP) is 3.36. The van der Waals surface area contributed by atoms with Gasteiger partial charge < -0.3 is 10.2 Å². The first kappa shape index (κ1) is 14.7. The molecule has 0 saturated heterocycles. The maximum absolute atomic E-state index is 12.1. The van der Waals surface area contributed by atoms with Gasteiger partial charge in [0.25, 0.3) is 5.91 Å². The van der Waals surface area contributed by atoms with E-state index in [4.69, 9.17) is 0 Å². The number of carbonyl (C=O) groups is 1. The maximum atomic E-state index is 12.1. The number of hydrogen-bond donors (Lipinski definition) is 2. The Kier molecular flexibility index (Phi) is 3.92. The fourth-order valence-corrected chi connectivity index (χ4v) is 3.58. The number of nitriles is 1. The maximum Gasteiger partial charge on any atom is 0.266 e. The molecule has 2 heterocycles. The van der Waals surface area contributed by atoms with Crippen molar-refractivity contribution in [1.82, 2.24) is 5.32 Å². The highest BCUT2D eigenvalue weighted by atomic mass is 32.1. The fraction of sp³-hybridized carbons (Fsp3) is 0.125. The van der Waals surface area contributed by atoms with Crippen molar-refractivity contribution in [3.05, 3.63) is 62.8 Å². The molecule has 0 spiro atoms. The van der Waals surface area contributed by atoms with E-state index in [9.17, 15) is 10.1 Å². The number of anilines is 1. The van der Waals surface area contributed by atoms with Crippen molar-refractivity contribution >= 4 is 35.6 Å². The van der Waals surface area contributed by atoms with Crippen molar-refractivity contribution in [2.24, 2.45) is 0 Å². The SMILES string of the molecule is Cc1ccccc1N1C(S)=C(C#N)C(=O)NC1c1cccs1. The van der Waals surface area contributed by atoms with Crippen LogP contribution >= 0.6 is 24.0 Å². The van der Waals surface area contributed by atoms with Crippen LogP contribution in [0.1, 0.15) is 16.6 Å². The van der Waals surface area contributed by atoms with E-state index in [2.05, 4.69) is 17.9 Å². The van der Waals surface area contributed by atoms with Gasteiger partial charge in [-0.3, -0.25) is 4.79 Å². The lowest BCUT2D eigenvalue weighted by molar-refractivity contribution is -0.118. The van der Waals surface area contributed by atoms with E-state index in [1.807, 2.05) is 59.7 Å². The van der Waals surface area contributed by atoms with Gasteiger partial charge in [0.05, 0.1) is 5.03 Å². The van der Waals surface area contributed by atoms with Crippen LogP contribution in [0.3, 0.4) is 0 Å². The number of benzene rings is 1.